The van der Waals surface area contributed by atoms with E-state index in [2.05, 4.69) is 0 Å². The Morgan fingerprint density at radius 2 is 1.70 bits per heavy atom. The number of hydrogen-bond donors (Lipinski definition) is 2. The van der Waals surface area contributed by atoms with Crippen molar-refractivity contribution in [1.82, 2.24) is 4.57 Å². The fraction of sp³-hybridized carbons (Fsp3) is 0.467. The van der Waals surface area contributed by atoms with E-state index in [-0.39, 0.29) is 6.42 Å². The molecule has 2 atom stereocenters. The predicted octanol–water partition coefficient (Wildman–Crippen LogP) is 2.33. The van der Waals surface area contributed by atoms with E-state index in [0.29, 0.717) is 6.42 Å². The van der Waals surface area contributed by atoms with Gasteiger partial charge in [0.05, 0.1) is 5.41 Å². The van der Waals surface area contributed by atoms with Crippen LogP contribution in [0, 0.1) is 19.3 Å². The molecule has 5 nitrogen and oxygen atoms in total. The normalized spacial score (nSPS) is 29.4. The summed E-state index contributed by atoms with van der Waals surface area (Å²) in [6.07, 6.45) is 3.61. The topological polar surface area (TPSA) is 79.5 Å². The minimum atomic E-state index is -1.24. The van der Waals surface area contributed by atoms with Crippen LogP contribution in [0.2, 0.25) is 0 Å². The van der Waals surface area contributed by atoms with E-state index in [4.69, 9.17) is 0 Å². The van der Waals surface area contributed by atoms with Gasteiger partial charge in [-0.25, -0.2) is 4.79 Å². The van der Waals surface area contributed by atoms with Gasteiger partial charge in [-0.2, -0.15) is 0 Å². The molecule has 1 aliphatic carbocycles. The van der Waals surface area contributed by atoms with Crippen LogP contribution in [-0.4, -0.2) is 26.7 Å². The summed E-state index contributed by atoms with van der Waals surface area (Å²) < 4.78 is 1.75. The number of hydrogen-bond acceptors (Lipinski definition) is 2. The van der Waals surface area contributed by atoms with Gasteiger partial charge in [-0.05, 0) is 39.3 Å². The molecule has 1 aromatic rings. The highest BCUT2D eigenvalue weighted by atomic mass is 16.4. The molecule has 2 rings (SSSR count). The summed E-state index contributed by atoms with van der Waals surface area (Å²) in [5.41, 5.74) is -0.750. The van der Waals surface area contributed by atoms with Gasteiger partial charge < -0.3 is 14.8 Å². The fourth-order valence-electron chi connectivity index (χ4n) is 3.17. The first-order chi connectivity index (χ1) is 9.23. The van der Waals surface area contributed by atoms with Gasteiger partial charge in [-0.15, -0.1) is 0 Å². The molecule has 0 radical (unpaired) electrons. The van der Waals surface area contributed by atoms with Crippen LogP contribution in [0.15, 0.2) is 24.3 Å². The minimum Gasteiger partial charge on any atom is -0.481 e. The Labute approximate surface area is 117 Å². The first-order valence-electron chi connectivity index (χ1n) is 6.53. The highest BCUT2D eigenvalue weighted by Gasteiger charge is 2.50. The van der Waals surface area contributed by atoms with Crippen LogP contribution in [0.3, 0.4) is 0 Å². The predicted molar refractivity (Wildman–Crippen MR) is 73.6 cm³/mol. The maximum absolute atomic E-state index is 11.9. The van der Waals surface area contributed by atoms with Crippen LogP contribution in [0.1, 0.15) is 31.2 Å². The minimum absolute atomic E-state index is 0.0392. The van der Waals surface area contributed by atoms with Crippen molar-refractivity contribution in [3.8, 4) is 0 Å². The second-order valence-corrected chi connectivity index (χ2v) is 5.79. The van der Waals surface area contributed by atoms with Crippen molar-refractivity contribution in [3.63, 3.8) is 0 Å². The quantitative estimate of drug-likeness (QED) is 0.831. The first-order valence-corrected chi connectivity index (χ1v) is 6.53. The van der Waals surface area contributed by atoms with Crippen LogP contribution in [0.25, 0.3) is 0 Å². The summed E-state index contributed by atoms with van der Waals surface area (Å²) in [4.78, 5) is 23.4. The van der Waals surface area contributed by atoms with E-state index in [1.165, 1.54) is 0 Å². The molecule has 0 aliphatic heterocycles. The van der Waals surface area contributed by atoms with Crippen LogP contribution in [0.4, 0.5) is 0 Å². The van der Waals surface area contributed by atoms with Gasteiger partial charge >= 0.3 is 11.9 Å². The zero-order chi connectivity index (χ0) is 15.1. The molecule has 20 heavy (non-hydrogen) atoms. The maximum Gasteiger partial charge on any atom is 0.330 e. The maximum atomic E-state index is 11.9. The summed E-state index contributed by atoms with van der Waals surface area (Å²) in [6.45, 7) is 5.25. The number of aryl methyl sites for hydroxylation is 2. The zero-order valence-corrected chi connectivity index (χ0v) is 11.9. The SMILES string of the molecule is Cc1ccc(C)n1C1(C(=O)O)CC=CC(C)(C(=O)O)C1. The molecular formula is C15H19NO4. The number of aliphatic carboxylic acids is 2. The van der Waals surface area contributed by atoms with Gasteiger partial charge in [0.15, 0.2) is 0 Å². The molecule has 1 aromatic heterocycles. The van der Waals surface area contributed by atoms with Crippen molar-refractivity contribution in [1.29, 1.82) is 0 Å². The van der Waals surface area contributed by atoms with Crippen LogP contribution in [0.5, 0.6) is 0 Å². The van der Waals surface area contributed by atoms with Gasteiger partial charge in [0.2, 0.25) is 0 Å². The molecule has 108 valence electrons. The number of nitrogens with zero attached hydrogens (tertiary/aromatic N) is 1. The Bertz CT molecular complexity index is 582. The lowest BCUT2D eigenvalue weighted by Gasteiger charge is -2.40. The van der Waals surface area contributed by atoms with Crippen LogP contribution in [-0.2, 0) is 15.1 Å². The Balaban J connectivity index is 2.62. The lowest BCUT2D eigenvalue weighted by atomic mass is 9.70. The summed E-state index contributed by atoms with van der Waals surface area (Å²) in [5.74, 6) is -1.99. The number of allylic oxidation sites excluding steroid dienone is 1. The molecular weight excluding hydrogens is 258 g/mol. The first kappa shape index (κ1) is 14.4. The fourth-order valence-corrected chi connectivity index (χ4v) is 3.17. The molecule has 0 amide bonds. The molecule has 0 aromatic carbocycles. The van der Waals surface area contributed by atoms with Crippen molar-refractivity contribution in [3.05, 3.63) is 35.7 Å². The number of carboxylic acids is 2. The van der Waals surface area contributed by atoms with E-state index in [1.54, 1.807) is 23.6 Å². The van der Waals surface area contributed by atoms with Crippen LogP contribution < -0.4 is 0 Å². The second kappa shape index (κ2) is 4.51. The van der Waals surface area contributed by atoms with E-state index in [9.17, 15) is 19.8 Å². The third-order valence-electron chi connectivity index (χ3n) is 4.19. The standard InChI is InChI=1S/C15H19NO4/c1-10-5-6-11(2)16(10)15(13(19)20)8-4-7-14(3,9-15)12(17)18/h4-7H,8-9H2,1-3H3,(H,17,18)(H,19,20). The third kappa shape index (κ3) is 1.94. The molecule has 0 bridgehead atoms. The lowest BCUT2D eigenvalue weighted by Crippen LogP contribution is -2.49. The Morgan fingerprint density at radius 1 is 1.15 bits per heavy atom. The van der Waals surface area contributed by atoms with Crippen molar-refractivity contribution < 1.29 is 19.8 Å². The average Bonchev–Trinajstić information content (AvgIpc) is 2.69. The molecule has 2 unspecified atom stereocenters. The van der Waals surface area contributed by atoms with Gasteiger partial charge in [-0.1, -0.05) is 12.2 Å². The van der Waals surface area contributed by atoms with E-state index >= 15 is 0 Å². The number of carbonyl (C=O) groups is 2. The highest BCUT2D eigenvalue weighted by Crippen LogP contribution is 2.43. The lowest BCUT2D eigenvalue weighted by molar-refractivity contribution is -0.154. The van der Waals surface area contributed by atoms with Crippen molar-refractivity contribution in [2.45, 2.75) is 39.2 Å². The van der Waals surface area contributed by atoms with E-state index in [0.717, 1.165) is 11.4 Å². The number of rotatable bonds is 3. The summed E-state index contributed by atoms with van der Waals surface area (Å²) in [5, 5.41) is 19.2. The number of aromatic nitrogens is 1. The summed E-state index contributed by atoms with van der Waals surface area (Å²) in [7, 11) is 0. The summed E-state index contributed by atoms with van der Waals surface area (Å²) >= 11 is 0. The smallest absolute Gasteiger partial charge is 0.330 e. The van der Waals surface area contributed by atoms with Gasteiger partial charge in [0.1, 0.15) is 5.54 Å². The molecule has 0 spiro atoms. The Kier molecular flexibility index (Phi) is 3.24. The van der Waals surface area contributed by atoms with Crippen LogP contribution >= 0.6 is 0 Å². The Hall–Kier alpha value is -2.04. The monoisotopic (exact) mass is 277 g/mol. The van der Waals surface area contributed by atoms with Gasteiger partial charge in [-0.3, -0.25) is 4.79 Å². The summed E-state index contributed by atoms with van der Waals surface area (Å²) in [6, 6.07) is 3.72. The highest BCUT2D eigenvalue weighted by molar-refractivity contribution is 5.82. The molecule has 1 aliphatic rings. The van der Waals surface area contributed by atoms with E-state index in [1.807, 2.05) is 26.0 Å². The zero-order valence-electron chi connectivity index (χ0n) is 11.9. The largest absolute Gasteiger partial charge is 0.481 e. The molecule has 0 saturated carbocycles. The van der Waals surface area contributed by atoms with Crippen molar-refractivity contribution >= 4 is 11.9 Å². The second-order valence-electron chi connectivity index (χ2n) is 5.79. The molecule has 0 saturated heterocycles. The third-order valence-corrected chi connectivity index (χ3v) is 4.19. The van der Waals surface area contributed by atoms with Crippen molar-refractivity contribution in [2.75, 3.05) is 0 Å². The molecule has 1 heterocycles. The number of carboxylic acid groups (broad SMARTS) is 2. The average molecular weight is 277 g/mol. The molecule has 0 fully saturated rings. The Morgan fingerprint density at radius 3 is 2.15 bits per heavy atom. The van der Waals surface area contributed by atoms with Crippen molar-refractivity contribution in [2.24, 2.45) is 5.41 Å². The van der Waals surface area contributed by atoms with E-state index < -0.39 is 22.9 Å². The van der Waals surface area contributed by atoms with Gasteiger partial charge in [0, 0.05) is 17.8 Å². The molecule has 2 N–H and O–H groups in total. The van der Waals surface area contributed by atoms with Gasteiger partial charge in [0.25, 0.3) is 0 Å². The molecule has 5 heteroatoms.